The third-order valence-corrected chi connectivity index (χ3v) is 9.14. The summed E-state index contributed by atoms with van der Waals surface area (Å²) in [6.45, 7) is 2.13. The first-order chi connectivity index (χ1) is 19.4. The predicted molar refractivity (Wildman–Crippen MR) is 154 cm³/mol. The van der Waals surface area contributed by atoms with Crippen LogP contribution in [-0.2, 0) is 0 Å². The molecule has 2 fully saturated rings. The summed E-state index contributed by atoms with van der Waals surface area (Å²) in [5, 5.41) is 24.3. The average molecular weight is 541 g/mol. The number of nitrogens with zero attached hydrogens (tertiary/aromatic N) is 2. The van der Waals surface area contributed by atoms with Crippen molar-refractivity contribution in [1.82, 2.24) is 20.3 Å². The monoisotopic (exact) mass is 540 g/mol. The smallest absolute Gasteiger partial charge is 0.251 e. The maximum absolute atomic E-state index is 13.4. The number of carbonyl (C=O) groups excluding carboxylic acids is 1. The van der Waals surface area contributed by atoms with Gasteiger partial charge in [-0.05, 0) is 86.1 Å². The first kappa shape index (κ1) is 26.3. The molecule has 0 aliphatic heterocycles. The number of aliphatic hydroxyl groups is 1. The van der Waals surface area contributed by atoms with Crippen LogP contribution in [0.1, 0.15) is 55.8 Å². The van der Waals surface area contributed by atoms with Gasteiger partial charge in [-0.25, -0.2) is 9.97 Å². The number of hydrogen-bond acceptors (Lipinski definition) is 6. The van der Waals surface area contributed by atoms with Gasteiger partial charge in [0.05, 0.1) is 30.3 Å². The van der Waals surface area contributed by atoms with Crippen molar-refractivity contribution in [3.63, 3.8) is 0 Å². The van der Waals surface area contributed by atoms with E-state index in [1.54, 1.807) is 31.5 Å². The molecule has 40 heavy (non-hydrogen) atoms. The predicted octanol–water partition coefficient (Wildman–Crippen LogP) is 5.70. The summed E-state index contributed by atoms with van der Waals surface area (Å²) in [6, 6.07) is 14.3. The molecule has 3 atom stereocenters. The first-order valence-corrected chi connectivity index (χ1v) is 14.1. The molecule has 0 saturated heterocycles. The standard InChI is InChI=1S/C32H36N4O4/c1-19(32(18-37)16-20-5-3-6-21(13-20)17-32)34-30(39)23-8-10-26-27(15-23)36-29(35-26)25-14-22(9-11-28(25)38)24-7-4-12-33-31(24)40-2/h4,7-12,14-15,19-21,37-38H,3,5-6,13,16-18H2,1-2H3,(H,34,39)(H,35,36). The number of pyridine rings is 1. The van der Waals surface area contributed by atoms with Crippen LogP contribution in [-0.4, -0.2) is 50.8 Å². The average Bonchev–Trinajstić information content (AvgIpc) is 3.40. The summed E-state index contributed by atoms with van der Waals surface area (Å²) in [5.41, 5.74) is 3.80. The number of aromatic hydroxyl groups is 1. The van der Waals surface area contributed by atoms with E-state index in [2.05, 4.69) is 15.3 Å². The number of benzene rings is 2. The quantitative estimate of drug-likeness (QED) is 0.239. The molecule has 3 unspecified atom stereocenters. The summed E-state index contributed by atoms with van der Waals surface area (Å²) < 4.78 is 5.41. The Bertz CT molecular complexity index is 1540. The van der Waals surface area contributed by atoms with Crippen molar-refractivity contribution < 1.29 is 19.7 Å². The Hall–Kier alpha value is -3.91. The van der Waals surface area contributed by atoms with Crippen LogP contribution in [0.15, 0.2) is 54.7 Å². The summed E-state index contributed by atoms with van der Waals surface area (Å²) in [4.78, 5) is 25.6. The topological polar surface area (TPSA) is 120 Å². The number of methoxy groups -OCH3 is 1. The van der Waals surface area contributed by atoms with E-state index in [1.807, 2.05) is 37.3 Å². The third kappa shape index (κ3) is 4.81. The number of nitrogens with one attached hydrogen (secondary N) is 2. The second-order valence-electron chi connectivity index (χ2n) is 11.6. The first-order valence-electron chi connectivity index (χ1n) is 14.1. The van der Waals surface area contributed by atoms with Crippen molar-refractivity contribution >= 4 is 16.9 Å². The van der Waals surface area contributed by atoms with Crippen LogP contribution in [0.2, 0.25) is 0 Å². The highest BCUT2D eigenvalue weighted by Gasteiger charge is 2.45. The Balaban J connectivity index is 1.25. The number of aliphatic hydroxyl groups excluding tert-OH is 1. The molecule has 2 aromatic carbocycles. The van der Waals surface area contributed by atoms with E-state index in [9.17, 15) is 15.0 Å². The molecule has 4 aromatic rings. The maximum Gasteiger partial charge on any atom is 0.251 e. The molecular weight excluding hydrogens is 504 g/mol. The van der Waals surface area contributed by atoms with Gasteiger partial charge in [-0.15, -0.1) is 0 Å². The van der Waals surface area contributed by atoms with Crippen molar-refractivity contribution in [1.29, 1.82) is 0 Å². The van der Waals surface area contributed by atoms with Gasteiger partial charge < -0.3 is 25.3 Å². The molecule has 0 radical (unpaired) electrons. The summed E-state index contributed by atoms with van der Waals surface area (Å²) in [7, 11) is 1.57. The van der Waals surface area contributed by atoms with Gasteiger partial charge in [-0.1, -0.05) is 25.3 Å². The van der Waals surface area contributed by atoms with Crippen LogP contribution in [0.25, 0.3) is 33.5 Å². The van der Waals surface area contributed by atoms with Crippen LogP contribution in [0, 0.1) is 17.3 Å². The zero-order chi connectivity index (χ0) is 27.9. The molecule has 4 N–H and O–H groups in total. The summed E-state index contributed by atoms with van der Waals surface area (Å²) in [6.07, 6.45) is 8.60. The Morgan fingerprint density at radius 1 is 1.15 bits per heavy atom. The highest BCUT2D eigenvalue weighted by Crippen LogP contribution is 2.50. The number of rotatable bonds is 7. The lowest BCUT2D eigenvalue weighted by atomic mass is 9.58. The fraction of sp³-hybridized carbons (Fsp3) is 0.406. The van der Waals surface area contributed by atoms with E-state index in [1.165, 1.54) is 25.7 Å². The molecule has 8 heteroatoms. The number of carbonyl (C=O) groups is 1. The van der Waals surface area contributed by atoms with E-state index >= 15 is 0 Å². The van der Waals surface area contributed by atoms with Crippen molar-refractivity contribution in [2.24, 2.45) is 17.3 Å². The van der Waals surface area contributed by atoms with Crippen LogP contribution >= 0.6 is 0 Å². The van der Waals surface area contributed by atoms with Gasteiger partial charge in [-0.2, -0.15) is 0 Å². The zero-order valence-corrected chi connectivity index (χ0v) is 23.0. The number of amides is 1. The van der Waals surface area contributed by atoms with E-state index in [0.717, 1.165) is 29.5 Å². The lowest BCUT2D eigenvalue weighted by Crippen LogP contribution is -2.52. The Labute approximate surface area is 233 Å². The largest absolute Gasteiger partial charge is 0.507 e. The molecule has 1 amide bonds. The number of phenols is 1. The van der Waals surface area contributed by atoms with Crippen LogP contribution < -0.4 is 10.1 Å². The highest BCUT2D eigenvalue weighted by molar-refractivity contribution is 5.98. The Morgan fingerprint density at radius 2 is 1.95 bits per heavy atom. The zero-order valence-electron chi connectivity index (χ0n) is 23.0. The van der Waals surface area contributed by atoms with Crippen molar-refractivity contribution in [2.75, 3.05) is 13.7 Å². The minimum absolute atomic E-state index is 0.0870. The third-order valence-electron chi connectivity index (χ3n) is 9.14. The van der Waals surface area contributed by atoms with Crippen LogP contribution in [0.5, 0.6) is 11.6 Å². The molecule has 208 valence electrons. The van der Waals surface area contributed by atoms with Gasteiger partial charge in [0.1, 0.15) is 11.6 Å². The van der Waals surface area contributed by atoms with Gasteiger partial charge in [0.25, 0.3) is 5.91 Å². The molecule has 0 spiro atoms. The lowest BCUT2D eigenvalue weighted by molar-refractivity contribution is -0.0147. The van der Waals surface area contributed by atoms with E-state index in [0.29, 0.717) is 40.2 Å². The lowest BCUT2D eigenvalue weighted by Gasteiger charge is -2.49. The summed E-state index contributed by atoms with van der Waals surface area (Å²) in [5.74, 6) is 2.20. The fourth-order valence-corrected chi connectivity index (χ4v) is 7.00. The normalized spacial score (nSPS) is 23.1. The molecule has 2 heterocycles. The van der Waals surface area contributed by atoms with Gasteiger partial charge in [0.2, 0.25) is 5.88 Å². The summed E-state index contributed by atoms with van der Waals surface area (Å²) >= 11 is 0. The van der Waals surface area contributed by atoms with Gasteiger partial charge >= 0.3 is 0 Å². The SMILES string of the molecule is COc1ncccc1-c1ccc(O)c(-c2nc3cc(C(=O)NC(C)C4(CO)CC5CCCC(C5)C4)ccc3[nH]2)c1. The maximum atomic E-state index is 13.4. The number of ether oxygens (including phenoxy) is 1. The van der Waals surface area contributed by atoms with Crippen molar-refractivity contribution in [3.05, 3.63) is 60.3 Å². The Kier molecular flexibility index (Phi) is 6.96. The van der Waals surface area contributed by atoms with Crippen molar-refractivity contribution in [2.45, 2.75) is 51.5 Å². The molecule has 2 aromatic heterocycles. The van der Waals surface area contributed by atoms with Gasteiger partial charge in [0.15, 0.2) is 0 Å². The molecule has 6 rings (SSSR count). The Morgan fingerprint density at radius 3 is 2.70 bits per heavy atom. The molecular formula is C32H36N4O4. The number of H-pyrrole nitrogens is 1. The van der Waals surface area contributed by atoms with Crippen LogP contribution in [0.4, 0.5) is 0 Å². The minimum atomic E-state index is -0.271. The number of hydrogen-bond donors (Lipinski definition) is 4. The number of aromatic amines is 1. The fourth-order valence-electron chi connectivity index (χ4n) is 7.00. The highest BCUT2D eigenvalue weighted by atomic mass is 16.5. The van der Waals surface area contributed by atoms with Crippen molar-refractivity contribution in [3.8, 4) is 34.1 Å². The molecule has 2 saturated carbocycles. The number of phenolic OH excluding ortho intramolecular Hbond substituents is 1. The second kappa shape index (κ2) is 10.6. The van der Waals surface area contributed by atoms with Gasteiger partial charge in [0, 0.05) is 28.8 Å². The number of imidazole rings is 1. The second-order valence-corrected chi connectivity index (χ2v) is 11.6. The molecule has 2 aliphatic rings. The van der Waals surface area contributed by atoms with Gasteiger partial charge in [-0.3, -0.25) is 4.79 Å². The van der Waals surface area contributed by atoms with E-state index < -0.39 is 0 Å². The minimum Gasteiger partial charge on any atom is -0.507 e. The number of aromatic nitrogens is 3. The van der Waals surface area contributed by atoms with Crippen LogP contribution in [0.3, 0.4) is 0 Å². The number of fused-ring (bicyclic) bond motifs is 3. The van der Waals surface area contributed by atoms with E-state index in [4.69, 9.17) is 9.72 Å². The van der Waals surface area contributed by atoms with E-state index in [-0.39, 0.29) is 29.7 Å². The molecule has 2 aliphatic carbocycles. The molecule has 2 bridgehead atoms. The molecule has 8 nitrogen and oxygen atoms in total.